The summed E-state index contributed by atoms with van der Waals surface area (Å²) in [6, 6.07) is 7.13. The van der Waals surface area contributed by atoms with Crippen LogP contribution in [0.3, 0.4) is 0 Å². The van der Waals surface area contributed by atoms with Gasteiger partial charge in [0.05, 0.1) is 26.9 Å². The van der Waals surface area contributed by atoms with Gasteiger partial charge < -0.3 is 29.5 Å². The lowest BCUT2D eigenvalue weighted by atomic mass is 10.1. The number of pyridine rings is 1. The molecule has 37 heavy (non-hydrogen) atoms. The molecule has 1 saturated heterocycles. The first-order valence-electron chi connectivity index (χ1n) is 12.2. The first-order chi connectivity index (χ1) is 18.0. The van der Waals surface area contributed by atoms with E-state index < -0.39 is 0 Å². The molecule has 0 aliphatic carbocycles. The fraction of sp³-hybridized carbons (Fsp3) is 0.385. The monoisotopic (exact) mass is 506 g/mol. The Morgan fingerprint density at radius 2 is 2.05 bits per heavy atom. The minimum absolute atomic E-state index is 0.00648. The molecule has 0 unspecified atom stereocenters. The third kappa shape index (κ3) is 5.42. The molecule has 11 nitrogen and oxygen atoms in total. The predicted molar refractivity (Wildman–Crippen MR) is 140 cm³/mol. The predicted octanol–water partition coefficient (Wildman–Crippen LogP) is 2.46. The minimum Gasteiger partial charge on any atom is -0.507 e. The van der Waals surface area contributed by atoms with E-state index >= 15 is 0 Å². The van der Waals surface area contributed by atoms with Crippen molar-refractivity contribution in [2.24, 2.45) is 9.98 Å². The van der Waals surface area contributed by atoms with Crippen LogP contribution >= 0.6 is 0 Å². The van der Waals surface area contributed by atoms with Crippen molar-refractivity contribution < 1.29 is 24.1 Å². The van der Waals surface area contributed by atoms with Crippen LogP contribution in [0.1, 0.15) is 18.1 Å². The molecule has 11 heteroatoms. The number of aliphatic hydroxyl groups excluding tert-OH is 1. The Kier molecular flexibility index (Phi) is 7.33. The maximum absolute atomic E-state index is 11.2. The number of carbonyl (C=O) groups is 1. The number of hydrogen-bond donors (Lipinski definition) is 2. The normalized spacial score (nSPS) is 17.5. The number of amides is 1. The molecule has 2 aromatic rings. The highest BCUT2D eigenvalue weighted by Crippen LogP contribution is 2.43. The average molecular weight is 507 g/mol. The summed E-state index contributed by atoms with van der Waals surface area (Å²) in [7, 11) is 1.60. The van der Waals surface area contributed by atoms with Crippen molar-refractivity contribution in [2.75, 3.05) is 65.0 Å². The van der Waals surface area contributed by atoms with Gasteiger partial charge in [0.1, 0.15) is 35.5 Å². The quantitative estimate of drug-likeness (QED) is 0.524. The number of rotatable bonds is 8. The number of anilines is 1. The summed E-state index contributed by atoms with van der Waals surface area (Å²) in [5, 5.41) is 13.5. The number of aliphatic imine (C=N–C) groups is 2. The van der Waals surface area contributed by atoms with Crippen molar-refractivity contribution >= 4 is 34.8 Å². The van der Waals surface area contributed by atoms with E-state index in [1.54, 1.807) is 25.3 Å². The number of nitrogens with one attached hydrogen (secondary N) is 1. The largest absolute Gasteiger partial charge is 0.507 e. The number of methoxy groups -OCH3 is 1. The topological polar surface area (TPSA) is 121 Å². The Labute approximate surface area is 215 Å². The highest BCUT2D eigenvalue weighted by molar-refractivity contribution is 6.20. The Bertz CT molecular complexity index is 1250. The van der Waals surface area contributed by atoms with Gasteiger partial charge in [-0.05, 0) is 24.3 Å². The lowest BCUT2D eigenvalue weighted by molar-refractivity contribution is -0.114. The second-order valence-electron chi connectivity index (χ2n) is 8.77. The smallest absolute Gasteiger partial charge is 0.222 e. The standard InChI is InChI=1S/C26H30N6O5/c1-17(33)29-22-6-3-18(16-28-22)20(34)15-23-30-24-19(26-27-7-8-32(23)26)4-5-21(35-2)25(24)37-14-11-31-9-12-36-13-10-31/h3-6,15-16,34H,7-14H2,1-2H3,(H,28,29,33)/b20-15-. The maximum atomic E-state index is 11.2. The zero-order valence-corrected chi connectivity index (χ0v) is 20.9. The summed E-state index contributed by atoms with van der Waals surface area (Å²) in [6.45, 7) is 7.15. The van der Waals surface area contributed by atoms with Crippen LogP contribution in [0.15, 0.2) is 46.5 Å². The lowest BCUT2D eigenvalue weighted by Crippen LogP contribution is -2.38. The summed E-state index contributed by atoms with van der Waals surface area (Å²) < 4.78 is 17.3. The molecule has 0 atom stereocenters. The van der Waals surface area contributed by atoms with Crippen LogP contribution in [0.25, 0.3) is 5.76 Å². The Morgan fingerprint density at radius 3 is 2.78 bits per heavy atom. The molecule has 0 spiro atoms. The molecule has 0 saturated carbocycles. The molecule has 1 aromatic heterocycles. The van der Waals surface area contributed by atoms with E-state index in [0.29, 0.717) is 54.1 Å². The summed E-state index contributed by atoms with van der Waals surface area (Å²) >= 11 is 0. The molecular formula is C26H30N6O5. The van der Waals surface area contributed by atoms with Gasteiger partial charge in [0, 0.05) is 56.5 Å². The number of hydrogen-bond acceptors (Lipinski definition) is 10. The zero-order chi connectivity index (χ0) is 25.8. The highest BCUT2D eigenvalue weighted by Gasteiger charge is 2.32. The Balaban J connectivity index is 1.44. The minimum atomic E-state index is -0.213. The van der Waals surface area contributed by atoms with Gasteiger partial charge in [-0.25, -0.2) is 9.98 Å². The molecule has 1 fully saturated rings. The molecule has 4 heterocycles. The van der Waals surface area contributed by atoms with E-state index in [2.05, 4.69) is 15.2 Å². The van der Waals surface area contributed by atoms with E-state index in [1.165, 1.54) is 13.1 Å². The van der Waals surface area contributed by atoms with Crippen LogP contribution in [0.4, 0.5) is 11.5 Å². The molecule has 1 aromatic carbocycles. The van der Waals surface area contributed by atoms with E-state index in [9.17, 15) is 9.90 Å². The van der Waals surface area contributed by atoms with Crippen LogP contribution < -0.4 is 14.8 Å². The van der Waals surface area contributed by atoms with E-state index in [0.717, 1.165) is 44.2 Å². The first-order valence-corrected chi connectivity index (χ1v) is 12.2. The molecule has 3 aliphatic heterocycles. The summed E-state index contributed by atoms with van der Waals surface area (Å²) in [5.41, 5.74) is 1.97. The number of morpholine rings is 1. The van der Waals surface area contributed by atoms with Crippen LogP contribution in [-0.2, 0) is 9.53 Å². The first kappa shape index (κ1) is 24.7. The van der Waals surface area contributed by atoms with Gasteiger partial charge in [0.2, 0.25) is 5.91 Å². The number of fused-ring (bicyclic) bond motifs is 3. The molecule has 5 rings (SSSR count). The molecule has 0 radical (unpaired) electrons. The lowest BCUT2D eigenvalue weighted by Gasteiger charge is -2.29. The molecule has 3 aliphatic rings. The molecule has 194 valence electrons. The van der Waals surface area contributed by atoms with Crippen LogP contribution in [0.2, 0.25) is 0 Å². The summed E-state index contributed by atoms with van der Waals surface area (Å²) in [4.78, 5) is 29.3. The van der Waals surface area contributed by atoms with Gasteiger partial charge in [0.25, 0.3) is 0 Å². The number of benzene rings is 1. The van der Waals surface area contributed by atoms with Crippen LogP contribution in [-0.4, -0.2) is 97.1 Å². The van der Waals surface area contributed by atoms with Gasteiger partial charge in [-0.2, -0.15) is 0 Å². The summed E-state index contributed by atoms with van der Waals surface area (Å²) in [6.07, 6.45) is 3.09. The van der Waals surface area contributed by atoms with Gasteiger partial charge in [-0.3, -0.25) is 14.7 Å². The number of carbonyl (C=O) groups excluding carboxylic acids is 1. The van der Waals surface area contributed by atoms with Crippen LogP contribution in [0, 0.1) is 0 Å². The van der Waals surface area contributed by atoms with Crippen molar-refractivity contribution in [3.05, 3.63) is 47.7 Å². The maximum Gasteiger partial charge on any atom is 0.222 e. The SMILES string of the molecule is COc1ccc2c(c1OCCN1CCOCC1)N=C(/C=C(\O)c1ccc(NC(C)=O)nc1)N1CCN=C21. The van der Waals surface area contributed by atoms with Crippen LogP contribution in [0.5, 0.6) is 11.5 Å². The van der Waals surface area contributed by atoms with Crippen molar-refractivity contribution in [3.8, 4) is 11.5 Å². The number of aliphatic hydroxyl groups is 1. The van der Waals surface area contributed by atoms with Crippen molar-refractivity contribution in [2.45, 2.75) is 6.92 Å². The molecule has 0 bridgehead atoms. The molecule has 1 amide bonds. The van der Waals surface area contributed by atoms with E-state index in [-0.39, 0.29) is 11.7 Å². The zero-order valence-electron chi connectivity index (χ0n) is 20.9. The Hall–Kier alpha value is -3.96. The fourth-order valence-electron chi connectivity index (χ4n) is 4.44. The van der Waals surface area contributed by atoms with E-state index in [4.69, 9.17) is 24.2 Å². The molecule has 2 N–H and O–H groups in total. The summed E-state index contributed by atoms with van der Waals surface area (Å²) in [5.74, 6) is 2.65. The number of amidine groups is 2. The van der Waals surface area contributed by atoms with Gasteiger partial charge in [-0.1, -0.05) is 0 Å². The van der Waals surface area contributed by atoms with Gasteiger partial charge in [-0.15, -0.1) is 0 Å². The third-order valence-electron chi connectivity index (χ3n) is 6.29. The second-order valence-corrected chi connectivity index (χ2v) is 8.77. The second kappa shape index (κ2) is 11.0. The number of aromatic nitrogens is 1. The van der Waals surface area contributed by atoms with Crippen molar-refractivity contribution in [1.29, 1.82) is 0 Å². The third-order valence-corrected chi connectivity index (χ3v) is 6.29. The number of ether oxygens (including phenoxy) is 3. The van der Waals surface area contributed by atoms with Crippen molar-refractivity contribution in [1.82, 2.24) is 14.8 Å². The number of nitrogens with zero attached hydrogens (tertiary/aromatic N) is 5. The average Bonchev–Trinajstić information content (AvgIpc) is 3.40. The Morgan fingerprint density at radius 1 is 1.22 bits per heavy atom. The van der Waals surface area contributed by atoms with Gasteiger partial charge in [0.15, 0.2) is 11.5 Å². The van der Waals surface area contributed by atoms with Crippen molar-refractivity contribution in [3.63, 3.8) is 0 Å². The highest BCUT2D eigenvalue weighted by atomic mass is 16.5. The van der Waals surface area contributed by atoms with Gasteiger partial charge >= 0.3 is 0 Å². The van der Waals surface area contributed by atoms with E-state index in [1.807, 2.05) is 17.0 Å². The molecular weight excluding hydrogens is 476 g/mol. The fourth-order valence-corrected chi connectivity index (χ4v) is 4.44.